The van der Waals surface area contributed by atoms with Gasteiger partial charge in [0.1, 0.15) is 5.82 Å². The third-order valence-electron chi connectivity index (χ3n) is 2.59. The number of carbonyl (C=O) groups excluding carboxylic acids is 1. The Hall–Kier alpha value is -1.68. The van der Waals surface area contributed by atoms with Gasteiger partial charge in [-0.15, -0.1) is 0 Å². The predicted octanol–water partition coefficient (Wildman–Crippen LogP) is 3.86. The van der Waals surface area contributed by atoms with Crippen LogP contribution in [0.4, 0.5) is 10.1 Å². The average molecular weight is 308 g/mol. The molecule has 1 N–H and O–H groups in total. The highest BCUT2D eigenvalue weighted by atomic mass is 79.9. The number of ketones is 1. The maximum Gasteiger partial charge on any atom is 0.196 e. The van der Waals surface area contributed by atoms with Crippen LogP contribution in [0.25, 0.3) is 0 Å². The zero-order chi connectivity index (χ0) is 13.1. The molecular formula is C14H11BrFNO. The number of halogens is 2. The number of hydrogen-bond acceptors (Lipinski definition) is 2. The Balaban J connectivity index is 2.44. The largest absolute Gasteiger partial charge is 0.388 e. The summed E-state index contributed by atoms with van der Waals surface area (Å²) < 4.78 is 14.3. The van der Waals surface area contributed by atoms with Crippen LogP contribution in [0.2, 0.25) is 0 Å². The number of nitrogens with one attached hydrogen (secondary N) is 1. The highest BCUT2D eigenvalue weighted by Crippen LogP contribution is 2.20. The van der Waals surface area contributed by atoms with Gasteiger partial charge in [0.05, 0.1) is 5.56 Å². The van der Waals surface area contributed by atoms with Gasteiger partial charge >= 0.3 is 0 Å². The molecule has 2 nitrogen and oxygen atoms in total. The van der Waals surface area contributed by atoms with Gasteiger partial charge in [-0.25, -0.2) is 4.39 Å². The summed E-state index contributed by atoms with van der Waals surface area (Å²) in [7, 11) is 1.77. The maximum atomic E-state index is 13.6. The molecular weight excluding hydrogens is 297 g/mol. The Morgan fingerprint density at radius 3 is 2.72 bits per heavy atom. The van der Waals surface area contributed by atoms with E-state index in [1.54, 1.807) is 31.3 Å². The average Bonchev–Trinajstić information content (AvgIpc) is 2.41. The lowest BCUT2D eigenvalue weighted by molar-refractivity contribution is 0.103. The van der Waals surface area contributed by atoms with Crippen LogP contribution in [0.15, 0.2) is 46.9 Å². The van der Waals surface area contributed by atoms with E-state index >= 15 is 0 Å². The van der Waals surface area contributed by atoms with Crippen molar-refractivity contribution in [1.82, 2.24) is 0 Å². The van der Waals surface area contributed by atoms with E-state index in [1.165, 1.54) is 12.1 Å². The molecule has 0 atom stereocenters. The summed E-state index contributed by atoms with van der Waals surface area (Å²) in [6.45, 7) is 0. The lowest BCUT2D eigenvalue weighted by Gasteiger charge is -2.05. The van der Waals surface area contributed by atoms with Gasteiger partial charge in [0.2, 0.25) is 0 Å². The van der Waals surface area contributed by atoms with Crippen LogP contribution in [0.3, 0.4) is 0 Å². The SMILES string of the molecule is CNc1cccc(C(=O)c2cc(Br)ccc2F)c1. The van der Waals surface area contributed by atoms with Crippen molar-refractivity contribution in [1.29, 1.82) is 0 Å². The van der Waals surface area contributed by atoms with E-state index in [-0.39, 0.29) is 11.3 Å². The standard InChI is InChI=1S/C14H11BrFNO/c1-17-11-4-2-3-9(7-11)14(18)12-8-10(15)5-6-13(12)16/h2-8,17H,1H3. The molecule has 0 aliphatic rings. The number of anilines is 1. The fourth-order valence-electron chi connectivity index (χ4n) is 1.64. The van der Waals surface area contributed by atoms with Crippen molar-refractivity contribution < 1.29 is 9.18 Å². The van der Waals surface area contributed by atoms with Crippen molar-refractivity contribution in [2.75, 3.05) is 12.4 Å². The monoisotopic (exact) mass is 307 g/mol. The quantitative estimate of drug-likeness (QED) is 0.872. The third-order valence-corrected chi connectivity index (χ3v) is 3.08. The van der Waals surface area contributed by atoms with Crippen molar-refractivity contribution >= 4 is 27.4 Å². The first-order valence-electron chi connectivity index (χ1n) is 5.39. The molecule has 18 heavy (non-hydrogen) atoms. The van der Waals surface area contributed by atoms with Crippen molar-refractivity contribution in [3.63, 3.8) is 0 Å². The first-order chi connectivity index (χ1) is 8.61. The van der Waals surface area contributed by atoms with Gasteiger partial charge in [-0.1, -0.05) is 28.1 Å². The molecule has 0 saturated carbocycles. The van der Waals surface area contributed by atoms with Crippen molar-refractivity contribution in [2.45, 2.75) is 0 Å². The lowest BCUT2D eigenvalue weighted by atomic mass is 10.0. The summed E-state index contributed by atoms with van der Waals surface area (Å²) in [4.78, 5) is 12.2. The fourth-order valence-corrected chi connectivity index (χ4v) is 2.00. The molecule has 0 amide bonds. The van der Waals surface area contributed by atoms with Crippen molar-refractivity contribution in [2.24, 2.45) is 0 Å². The minimum absolute atomic E-state index is 0.0672. The zero-order valence-corrected chi connectivity index (χ0v) is 11.3. The molecule has 0 bridgehead atoms. The second-order valence-corrected chi connectivity index (χ2v) is 4.70. The second-order valence-electron chi connectivity index (χ2n) is 3.78. The molecule has 2 rings (SSSR count). The molecule has 0 saturated heterocycles. The van der Waals surface area contributed by atoms with Crippen LogP contribution in [0.1, 0.15) is 15.9 Å². The van der Waals surface area contributed by atoms with E-state index in [4.69, 9.17) is 0 Å². The summed E-state index contributed by atoms with van der Waals surface area (Å²) in [6, 6.07) is 11.3. The number of carbonyl (C=O) groups is 1. The molecule has 0 spiro atoms. The highest BCUT2D eigenvalue weighted by Gasteiger charge is 2.14. The Kier molecular flexibility index (Phi) is 3.77. The summed E-state index contributed by atoms with van der Waals surface area (Å²) in [5.41, 5.74) is 1.34. The third kappa shape index (κ3) is 2.59. The number of benzene rings is 2. The van der Waals surface area contributed by atoms with Crippen LogP contribution < -0.4 is 5.32 Å². The van der Waals surface area contributed by atoms with Gasteiger partial charge in [-0.05, 0) is 30.3 Å². The molecule has 0 unspecified atom stereocenters. The highest BCUT2D eigenvalue weighted by molar-refractivity contribution is 9.10. The summed E-state index contributed by atoms with van der Waals surface area (Å²) in [5.74, 6) is -0.844. The summed E-state index contributed by atoms with van der Waals surface area (Å²) in [6.07, 6.45) is 0. The Labute approximate surface area is 113 Å². The number of hydrogen-bond donors (Lipinski definition) is 1. The normalized spacial score (nSPS) is 10.2. The fraction of sp³-hybridized carbons (Fsp3) is 0.0714. The zero-order valence-electron chi connectivity index (χ0n) is 9.71. The smallest absolute Gasteiger partial charge is 0.196 e. The Morgan fingerprint density at radius 2 is 2.00 bits per heavy atom. The van der Waals surface area contributed by atoms with E-state index in [9.17, 15) is 9.18 Å². The van der Waals surface area contributed by atoms with E-state index in [0.29, 0.717) is 10.0 Å². The van der Waals surface area contributed by atoms with E-state index in [2.05, 4.69) is 21.2 Å². The van der Waals surface area contributed by atoms with Gasteiger partial charge in [0, 0.05) is 22.8 Å². The Morgan fingerprint density at radius 1 is 1.22 bits per heavy atom. The van der Waals surface area contributed by atoms with Crippen molar-refractivity contribution in [3.8, 4) is 0 Å². The van der Waals surface area contributed by atoms with E-state index in [1.807, 2.05) is 6.07 Å². The van der Waals surface area contributed by atoms with E-state index in [0.717, 1.165) is 5.69 Å². The van der Waals surface area contributed by atoms with Crippen LogP contribution in [0, 0.1) is 5.82 Å². The van der Waals surface area contributed by atoms with Gasteiger partial charge in [-0.2, -0.15) is 0 Å². The van der Waals surface area contributed by atoms with Gasteiger partial charge in [0.15, 0.2) is 5.78 Å². The molecule has 4 heteroatoms. The van der Waals surface area contributed by atoms with Crippen LogP contribution >= 0.6 is 15.9 Å². The predicted molar refractivity (Wildman–Crippen MR) is 73.5 cm³/mol. The molecule has 0 aliphatic heterocycles. The molecule has 0 fully saturated rings. The minimum atomic E-state index is -0.516. The molecule has 0 heterocycles. The van der Waals surface area contributed by atoms with Gasteiger partial charge in [0.25, 0.3) is 0 Å². The lowest BCUT2D eigenvalue weighted by Crippen LogP contribution is -2.05. The number of rotatable bonds is 3. The van der Waals surface area contributed by atoms with Crippen LogP contribution in [0.5, 0.6) is 0 Å². The molecule has 2 aromatic rings. The second kappa shape index (κ2) is 5.31. The molecule has 0 radical (unpaired) electrons. The van der Waals surface area contributed by atoms with Crippen molar-refractivity contribution in [3.05, 3.63) is 63.9 Å². The molecule has 0 aromatic heterocycles. The minimum Gasteiger partial charge on any atom is -0.388 e. The molecule has 0 aliphatic carbocycles. The van der Waals surface area contributed by atoms with Crippen LogP contribution in [-0.2, 0) is 0 Å². The summed E-state index contributed by atoms with van der Waals surface area (Å²) in [5, 5.41) is 2.94. The molecule has 2 aromatic carbocycles. The summed E-state index contributed by atoms with van der Waals surface area (Å²) >= 11 is 3.23. The van der Waals surface area contributed by atoms with Gasteiger partial charge < -0.3 is 5.32 Å². The molecule has 92 valence electrons. The Bertz CT molecular complexity index is 598. The first kappa shape index (κ1) is 12.8. The van der Waals surface area contributed by atoms with E-state index < -0.39 is 5.82 Å². The van der Waals surface area contributed by atoms with Gasteiger partial charge in [-0.3, -0.25) is 4.79 Å². The maximum absolute atomic E-state index is 13.6. The van der Waals surface area contributed by atoms with Crippen LogP contribution in [-0.4, -0.2) is 12.8 Å². The first-order valence-corrected chi connectivity index (χ1v) is 6.18. The topological polar surface area (TPSA) is 29.1 Å².